The summed E-state index contributed by atoms with van der Waals surface area (Å²) in [6.07, 6.45) is 3.66. The molecule has 3 nitrogen and oxygen atoms in total. The number of benzene rings is 1. The Labute approximate surface area is 103 Å². The minimum absolute atomic E-state index is 0.327. The topological polar surface area (TPSA) is 35.5 Å². The molecule has 2 N–H and O–H groups in total. The van der Waals surface area contributed by atoms with E-state index >= 15 is 0 Å². The lowest BCUT2D eigenvalue weighted by Crippen LogP contribution is -2.39. The van der Waals surface area contributed by atoms with E-state index in [9.17, 15) is 5.11 Å². The molecule has 0 bridgehead atoms. The third-order valence-electron chi connectivity index (χ3n) is 3.37. The summed E-state index contributed by atoms with van der Waals surface area (Å²) in [7, 11) is 0. The molecule has 0 aromatic heterocycles. The van der Waals surface area contributed by atoms with Crippen LogP contribution in [0, 0.1) is 0 Å². The normalized spacial score (nSPS) is 18.2. The number of phenols is 1. The van der Waals surface area contributed by atoms with Gasteiger partial charge in [0.25, 0.3) is 0 Å². The van der Waals surface area contributed by atoms with Crippen molar-refractivity contribution in [3.05, 3.63) is 24.3 Å². The Balaban J connectivity index is 1.79. The number of anilines is 1. The van der Waals surface area contributed by atoms with Crippen LogP contribution in [0.25, 0.3) is 0 Å². The number of phenolic OH excluding ortho intramolecular Hbond substituents is 1. The number of nitrogens with one attached hydrogen (secondary N) is 1. The lowest BCUT2D eigenvalue weighted by atomic mass is 10.0. The third-order valence-corrected chi connectivity index (χ3v) is 3.37. The summed E-state index contributed by atoms with van der Waals surface area (Å²) in [5.41, 5.74) is 1.11. The maximum Gasteiger partial charge on any atom is 0.115 e. The predicted octanol–water partition coefficient (Wildman–Crippen LogP) is 2.68. The van der Waals surface area contributed by atoms with Gasteiger partial charge in [-0.2, -0.15) is 0 Å². The first-order valence-corrected chi connectivity index (χ1v) is 6.56. The van der Waals surface area contributed by atoms with Crippen molar-refractivity contribution in [1.82, 2.24) is 4.90 Å². The monoisotopic (exact) mass is 234 g/mol. The van der Waals surface area contributed by atoms with Gasteiger partial charge < -0.3 is 15.3 Å². The molecular weight excluding hydrogens is 212 g/mol. The maximum atomic E-state index is 9.22. The van der Waals surface area contributed by atoms with Crippen molar-refractivity contribution in [3.8, 4) is 5.75 Å². The van der Waals surface area contributed by atoms with Crippen molar-refractivity contribution in [3.63, 3.8) is 0 Å². The van der Waals surface area contributed by atoms with Crippen LogP contribution in [0.4, 0.5) is 5.69 Å². The molecule has 1 aromatic rings. The summed E-state index contributed by atoms with van der Waals surface area (Å²) in [6, 6.07) is 7.91. The largest absolute Gasteiger partial charge is 0.508 e. The summed E-state index contributed by atoms with van der Waals surface area (Å²) in [5.74, 6) is 0.327. The summed E-state index contributed by atoms with van der Waals surface area (Å²) < 4.78 is 0. The van der Waals surface area contributed by atoms with Crippen molar-refractivity contribution >= 4 is 5.69 Å². The van der Waals surface area contributed by atoms with Crippen LogP contribution in [0.5, 0.6) is 5.75 Å². The molecule has 0 radical (unpaired) electrons. The maximum absolute atomic E-state index is 9.22. The lowest BCUT2D eigenvalue weighted by molar-refractivity contribution is 0.219. The van der Waals surface area contributed by atoms with Gasteiger partial charge in [-0.15, -0.1) is 0 Å². The predicted molar refractivity (Wildman–Crippen MR) is 71.5 cm³/mol. The van der Waals surface area contributed by atoms with E-state index in [1.165, 1.54) is 38.9 Å². The Kier molecular flexibility index (Phi) is 4.26. The van der Waals surface area contributed by atoms with Crippen LogP contribution in [-0.2, 0) is 0 Å². The lowest BCUT2D eigenvalue weighted by Gasteiger charge is -2.32. The zero-order chi connectivity index (χ0) is 12.1. The van der Waals surface area contributed by atoms with E-state index in [4.69, 9.17) is 0 Å². The number of aromatic hydroxyl groups is 1. The molecule has 0 atom stereocenters. The van der Waals surface area contributed by atoms with Crippen molar-refractivity contribution < 1.29 is 5.11 Å². The van der Waals surface area contributed by atoms with Gasteiger partial charge in [0.15, 0.2) is 0 Å². The molecule has 2 rings (SSSR count). The van der Waals surface area contributed by atoms with Gasteiger partial charge in [-0.25, -0.2) is 0 Å². The molecular formula is C14H22N2O. The van der Waals surface area contributed by atoms with Gasteiger partial charge in [-0.05, 0) is 50.1 Å². The van der Waals surface area contributed by atoms with Gasteiger partial charge in [0.05, 0.1) is 0 Å². The summed E-state index contributed by atoms with van der Waals surface area (Å²) in [5, 5.41) is 12.8. The number of hydrogen-bond donors (Lipinski definition) is 2. The molecule has 1 saturated heterocycles. The van der Waals surface area contributed by atoms with E-state index in [1.54, 1.807) is 12.1 Å². The SMILES string of the molecule is CCCN1CCC(Nc2ccc(O)cc2)CC1. The Hall–Kier alpha value is -1.22. The van der Waals surface area contributed by atoms with Crippen molar-refractivity contribution in [2.45, 2.75) is 32.2 Å². The number of likely N-dealkylation sites (tertiary alicyclic amines) is 1. The van der Waals surface area contributed by atoms with E-state index in [2.05, 4.69) is 17.1 Å². The first-order chi connectivity index (χ1) is 8.28. The van der Waals surface area contributed by atoms with Gasteiger partial charge >= 0.3 is 0 Å². The molecule has 17 heavy (non-hydrogen) atoms. The Morgan fingerprint density at radius 2 is 1.88 bits per heavy atom. The zero-order valence-corrected chi connectivity index (χ0v) is 10.5. The highest BCUT2D eigenvalue weighted by atomic mass is 16.3. The van der Waals surface area contributed by atoms with E-state index < -0.39 is 0 Å². The Morgan fingerprint density at radius 1 is 1.24 bits per heavy atom. The van der Waals surface area contributed by atoms with Crippen LogP contribution >= 0.6 is 0 Å². The van der Waals surface area contributed by atoms with E-state index in [-0.39, 0.29) is 0 Å². The molecule has 0 amide bonds. The van der Waals surface area contributed by atoms with Crippen LogP contribution in [-0.4, -0.2) is 35.7 Å². The highest BCUT2D eigenvalue weighted by Gasteiger charge is 2.17. The van der Waals surface area contributed by atoms with Crippen molar-refractivity contribution in [2.75, 3.05) is 25.0 Å². The van der Waals surface area contributed by atoms with Crippen LogP contribution < -0.4 is 5.32 Å². The minimum Gasteiger partial charge on any atom is -0.508 e. The molecule has 1 fully saturated rings. The Morgan fingerprint density at radius 3 is 2.47 bits per heavy atom. The third kappa shape index (κ3) is 3.63. The van der Waals surface area contributed by atoms with Crippen LogP contribution in [0.15, 0.2) is 24.3 Å². The van der Waals surface area contributed by atoms with Gasteiger partial charge in [-0.1, -0.05) is 6.92 Å². The highest BCUT2D eigenvalue weighted by Crippen LogP contribution is 2.19. The van der Waals surface area contributed by atoms with E-state index in [0.29, 0.717) is 11.8 Å². The van der Waals surface area contributed by atoms with Crippen molar-refractivity contribution in [1.29, 1.82) is 0 Å². The smallest absolute Gasteiger partial charge is 0.115 e. The average Bonchev–Trinajstić information content (AvgIpc) is 2.35. The van der Waals surface area contributed by atoms with Crippen LogP contribution in [0.1, 0.15) is 26.2 Å². The molecule has 0 aliphatic carbocycles. The molecule has 1 aliphatic rings. The quantitative estimate of drug-likeness (QED) is 0.786. The molecule has 0 spiro atoms. The van der Waals surface area contributed by atoms with Crippen molar-refractivity contribution in [2.24, 2.45) is 0 Å². The fourth-order valence-corrected chi connectivity index (χ4v) is 2.41. The standard InChI is InChI=1S/C14H22N2O/c1-2-9-16-10-7-13(8-11-16)15-12-3-5-14(17)6-4-12/h3-6,13,15,17H,2,7-11H2,1H3. The molecule has 1 heterocycles. The van der Waals surface area contributed by atoms with Crippen LogP contribution in [0.2, 0.25) is 0 Å². The first-order valence-electron chi connectivity index (χ1n) is 6.56. The van der Waals surface area contributed by atoms with Gasteiger partial charge in [-0.3, -0.25) is 0 Å². The molecule has 1 aromatic carbocycles. The minimum atomic E-state index is 0.327. The van der Waals surface area contributed by atoms with E-state index in [0.717, 1.165) is 5.69 Å². The second-order valence-corrected chi connectivity index (χ2v) is 4.81. The fraction of sp³-hybridized carbons (Fsp3) is 0.571. The number of piperidine rings is 1. The molecule has 1 aliphatic heterocycles. The second-order valence-electron chi connectivity index (χ2n) is 4.81. The summed E-state index contributed by atoms with van der Waals surface area (Å²) >= 11 is 0. The van der Waals surface area contributed by atoms with Gasteiger partial charge in [0.1, 0.15) is 5.75 Å². The van der Waals surface area contributed by atoms with Gasteiger partial charge in [0, 0.05) is 24.8 Å². The number of rotatable bonds is 4. The highest BCUT2D eigenvalue weighted by molar-refractivity contribution is 5.46. The van der Waals surface area contributed by atoms with E-state index in [1.807, 2.05) is 12.1 Å². The number of nitrogens with zero attached hydrogens (tertiary/aromatic N) is 1. The summed E-state index contributed by atoms with van der Waals surface area (Å²) in [6.45, 7) is 5.86. The molecule has 0 unspecified atom stereocenters. The molecule has 94 valence electrons. The van der Waals surface area contributed by atoms with Crippen LogP contribution in [0.3, 0.4) is 0 Å². The van der Waals surface area contributed by atoms with Gasteiger partial charge in [0.2, 0.25) is 0 Å². The molecule has 3 heteroatoms. The summed E-state index contributed by atoms with van der Waals surface area (Å²) in [4.78, 5) is 2.54. The Bertz CT molecular complexity index is 329. The second kappa shape index (κ2) is 5.92. The number of hydrogen-bond acceptors (Lipinski definition) is 3. The zero-order valence-electron chi connectivity index (χ0n) is 10.5. The average molecular weight is 234 g/mol. The fourth-order valence-electron chi connectivity index (χ4n) is 2.41. The molecule has 0 saturated carbocycles. The first kappa shape index (κ1) is 12.2.